The van der Waals surface area contributed by atoms with Gasteiger partial charge in [-0.3, -0.25) is 4.79 Å². The van der Waals surface area contributed by atoms with Gasteiger partial charge in [0.25, 0.3) is 0 Å². The Morgan fingerprint density at radius 3 is 2.05 bits per heavy atom. The molecule has 0 aromatic rings. The van der Waals surface area contributed by atoms with Crippen molar-refractivity contribution in [3.63, 3.8) is 0 Å². The van der Waals surface area contributed by atoms with Gasteiger partial charge in [-0.05, 0) is 17.4 Å². The Morgan fingerprint density at radius 2 is 1.57 bits per heavy atom. The number of hydrogen-bond acceptors (Lipinski definition) is 3. The van der Waals surface area contributed by atoms with Crippen LogP contribution in [0.4, 0.5) is 0 Å². The third kappa shape index (κ3) is 8.50. The van der Waals surface area contributed by atoms with E-state index in [1.165, 1.54) is 0 Å². The van der Waals surface area contributed by atoms with E-state index in [0.29, 0.717) is 12.8 Å². The maximum Gasteiger partial charge on any atom is 0.511 e. The SMILES string of the molecule is CCCCCCC(C(=O)O)C(C(N)CCCCC)[P+](=O)O. The molecule has 21 heavy (non-hydrogen) atoms. The smallest absolute Gasteiger partial charge is 0.481 e. The van der Waals surface area contributed by atoms with Gasteiger partial charge >= 0.3 is 14.0 Å². The molecule has 0 aliphatic carbocycles. The lowest BCUT2D eigenvalue weighted by molar-refractivity contribution is -0.142. The summed E-state index contributed by atoms with van der Waals surface area (Å²) in [5.41, 5.74) is 5.18. The molecule has 0 aliphatic rings. The van der Waals surface area contributed by atoms with Crippen molar-refractivity contribution in [2.75, 3.05) is 0 Å². The van der Waals surface area contributed by atoms with Gasteiger partial charge < -0.3 is 10.8 Å². The summed E-state index contributed by atoms with van der Waals surface area (Å²) in [6, 6.07) is -0.516. The molecule has 4 N–H and O–H groups in total. The van der Waals surface area contributed by atoms with E-state index in [4.69, 9.17) is 5.73 Å². The summed E-state index contributed by atoms with van der Waals surface area (Å²) in [5, 5.41) is 9.37. The van der Waals surface area contributed by atoms with Crippen LogP contribution in [0.15, 0.2) is 0 Å². The van der Waals surface area contributed by atoms with E-state index in [9.17, 15) is 19.4 Å². The van der Waals surface area contributed by atoms with Crippen LogP contribution in [0, 0.1) is 5.92 Å². The van der Waals surface area contributed by atoms with Crippen LogP contribution in [0.25, 0.3) is 0 Å². The number of hydrogen-bond donors (Lipinski definition) is 3. The van der Waals surface area contributed by atoms with E-state index in [1.807, 2.05) is 0 Å². The fourth-order valence-electron chi connectivity index (χ4n) is 2.65. The Labute approximate surface area is 129 Å². The van der Waals surface area contributed by atoms with Crippen molar-refractivity contribution in [2.45, 2.75) is 83.3 Å². The van der Waals surface area contributed by atoms with E-state index in [-0.39, 0.29) is 0 Å². The predicted octanol–water partition coefficient (Wildman–Crippen LogP) is 3.67. The summed E-state index contributed by atoms with van der Waals surface area (Å²) in [7, 11) is -2.58. The largest absolute Gasteiger partial charge is 0.511 e. The highest BCUT2D eigenvalue weighted by Gasteiger charge is 2.45. The molecule has 0 amide bonds. The normalized spacial score (nSPS) is 16.3. The molecular formula is C15H31NO4P+. The van der Waals surface area contributed by atoms with Crippen molar-refractivity contribution in [1.82, 2.24) is 0 Å². The van der Waals surface area contributed by atoms with Gasteiger partial charge in [0.2, 0.25) is 5.66 Å². The lowest BCUT2D eigenvalue weighted by Crippen LogP contribution is -2.41. The highest BCUT2D eigenvalue weighted by atomic mass is 31.1. The van der Waals surface area contributed by atoms with Crippen LogP contribution < -0.4 is 5.73 Å². The topological polar surface area (TPSA) is 101 Å². The summed E-state index contributed by atoms with van der Waals surface area (Å²) in [6.07, 6.45) is 7.84. The summed E-state index contributed by atoms with van der Waals surface area (Å²) in [5.74, 6) is -1.81. The van der Waals surface area contributed by atoms with Gasteiger partial charge in [-0.2, -0.15) is 4.89 Å². The number of carbonyl (C=O) groups is 1. The molecule has 0 saturated heterocycles. The number of carboxylic acids is 1. The van der Waals surface area contributed by atoms with Crippen LogP contribution in [0.5, 0.6) is 0 Å². The fraction of sp³-hybridized carbons (Fsp3) is 0.933. The van der Waals surface area contributed by atoms with Gasteiger partial charge in [0, 0.05) is 0 Å². The van der Waals surface area contributed by atoms with E-state index in [1.54, 1.807) is 0 Å². The third-order valence-corrected chi connectivity index (χ3v) is 5.19. The Balaban J connectivity index is 4.66. The molecule has 0 aromatic carbocycles. The zero-order valence-electron chi connectivity index (χ0n) is 13.3. The first-order valence-electron chi connectivity index (χ1n) is 8.09. The first-order valence-corrected chi connectivity index (χ1v) is 9.37. The minimum atomic E-state index is -2.58. The molecule has 6 heteroatoms. The molecule has 4 unspecified atom stereocenters. The van der Waals surface area contributed by atoms with Crippen molar-refractivity contribution in [2.24, 2.45) is 11.7 Å². The van der Waals surface area contributed by atoms with Crippen LogP contribution in [-0.4, -0.2) is 27.7 Å². The molecule has 4 atom stereocenters. The van der Waals surface area contributed by atoms with Crippen LogP contribution in [-0.2, 0) is 9.36 Å². The van der Waals surface area contributed by atoms with Gasteiger partial charge in [-0.25, -0.2) is 0 Å². The second-order valence-corrected chi connectivity index (χ2v) is 6.95. The van der Waals surface area contributed by atoms with E-state index < -0.39 is 31.6 Å². The lowest BCUT2D eigenvalue weighted by atomic mass is 9.91. The molecule has 0 radical (unpaired) electrons. The van der Waals surface area contributed by atoms with Crippen molar-refractivity contribution in [3.8, 4) is 0 Å². The van der Waals surface area contributed by atoms with Gasteiger partial charge in [0.05, 0.1) is 6.04 Å². The van der Waals surface area contributed by atoms with Gasteiger partial charge in [-0.1, -0.05) is 58.8 Å². The summed E-state index contributed by atoms with van der Waals surface area (Å²) in [4.78, 5) is 21.0. The molecule has 0 aromatic heterocycles. The molecule has 124 valence electrons. The van der Waals surface area contributed by atoms with Crippen LogP contribution in [0.3, 0.4) is 0 Å². The van der Waals surface area contributed by atoms with Crippen molar-refractivity contribution in [3.05, 3.63) is 0 Å². The van der Waals surface area contributed by atoms with Gasteiger partial charge in [-0.15, -0.1) is 0 Å². The highest BCUT2D eigenvalue weighted by molar-refractivity contribution is 7.39. The predicted molar refractivity (Wildman–Crippen MR) is 85.6 cm³/mol. The molecule has 0 spiro atoms. The Kier molecular flexibility index (Phi) is 11.8. The Morgan fingerprint density at radius 1 is 1.05 bits per heavy atom. The molecule has 0 aliphatic heterocycles. The van der Waals surface area contributed by atoms with Gasteiger partial charge in [0.15, 0.2) is 0 Å². The maximum atomic E-state index is 11.6. The summed E-state index contributed by atoms with van der Waals surface area (Å²) in [6.45, 7) is 4.16. The number of unbranched alkanes of at least 4 members (excludes halogenated alkanes) is 5. The second kappa shape index (κ2) is 12.1. The average Bonchev–Trinajstić information content (AvgIpc) is 2.41. The number of nitrogens with two attached hydrogens (primary N) is 1. The monoisotopic (exact) mass is 320 g/mol. The molecular weight excluding hydrogens is 289 g/mol. The summed E-state index contributed by atoms with van der Waals surface area (Å²) < 4.78 is 11.6. The minimum Gasteiger partial charge on any atom is -0.481 e. The highest BCUT2D eigenvalue weighted by Crippen LogP contribution is 2.35. The molecule has 0 rings (SSSR count). The molecule has 0 saturated carbocycles. The van der Waals surface area contributed by atoms with Crippen molar-refractivity contribution >= 4 is 14.0 Å². The zero-order valence-corrected chi connectivity index (χ0v) is 14.2. The minimum absolute atomic E-state index is 0.434. The Hall–Kier alpha value is -0.510. The molecule has 0 heterocycles. The maximum absolute atomic E-state index is 11.6. The van der Waals surface area contributed by atoms with E-state index in [2.05, 4.69) is 13.8 Å². The lowest BCUT2D eigenvalue weighted by Gasteiger charge is -2.20. The zero-order chi connectivity index (χ0) is 16.3. The van der Waals surface area contributed by atoms with E-state index >= 15 is 0 Å². The fourth-order valence-corrected chi connectivity index (χ4v) is 3.71. The standard InChI is InChI=1S/C15H30NO4P/c1-3-5-7-9-10-12(15(17)18)14(21(19)20)13(16)11-8-6-4-2/h12-14H,3-11,16H2,1-2H3,(H-,17,18,19,20)/p+1. The van der Waals surface area contributed by atoms with Gasteiger partial charge in [0.1, 0.15) is 5.92 Å². The van der Waals surface area contributed by atoms with E-state index in [0.717, 1.165) is 44.9 Å². The van der Waals surface area contributed by atoms with Crippen molar-refractivity contribution < 1.29 is 19.4 Å². The number of carboxylic acid groups (broad SMARTS) is 1. The Bertz CT molecular complexity index is 312. The average molecular weight is 320 g/mol. The number of rotatable bonds is 13. The first kappa shape index (κ1) is 20.5. The van der Waals surface area contributed by atoms with Crippen molar-refractivity contribution in [1.29, 1.82) is 0 Å². The molecule has 0 fully saturated rings. The quantitative estimate of drug-likeness (QED) is 0.355. The van der Waals surface area contributed by atoms with Crippen LogP contribution in [0.1, 0.15) is 71.6 Å². The summed E-state index contributed by atoms with van der Waals surface area (Å²) >= 11 is 0. The third-order valence-electron chi connectivity index (χ3n) is 3.93. The molecule has 5 nitrogen and oxygen atoms in total. The second-order valence-electron chi connectivity index (χ2n) is 5.75. The van der Waals surface area contributed by atoms with Crippen LogP contribution in [0.2, 0.25) is 0 Å². The van der Waals surface area contributed by atoms with Crippen LogP contribution >= 0.6 is 8.03 Å². The first-order chi connectivity index (χ1) is 9.95. The number of aliphatic carboxylic acids is 1. The molecule has 0 bridgehead atoms.